The molecule has 0 amide bonds. The van der Waals surface area contributed by atoms with Crippen LogP contribution in [-0.4, -0.2) is 11.3 Å². The lowest BCUT2D eigenvalue weighted by molar-refractivity contribution is 0.494. The summed E-state index contributed by atoms with van der Waals surface area (Å²) in [7, 11) is 0. The van der Waals surface area contributed by atoms with E-state index in [0.717, 1.165) is 5.25 Å². The second-order valence-electron chi connectivity index (χ2n) is 5.87. The summed E-state index contributed by atoms with van der Waals surface area (Å²) in [5.74, 6) is 0.715. The Labute approximate surface area is 122 Å². The summed E-state index contributed by atoms with van der Waals surface area (Å²) in [5.41, 5.74) is 1.25. The zero-order valence-electron chi connectivity index (χ0n) is 12.5. The maximum absolute atomic E-state index is 3.60. The van der Waals surface area contributed by atoms with Crippen molar-refractivity contribution < 1.29 is 0 Å². The van der Waals surface area contributed by atoms with Crippen LogP contribution < -0.4 is 5.32 Å². The van der Waals surface area contributed by atoms with Gasteiger partial charge in [0.05, 0.1) is 0 Å². The molecule has 1 aliphatic carbocycles. The fraction of sp³-hybridized carbons (Fsp3) is 0.647. The Morgan fingerprint density at radius 1 is 1.16 bits per heavy atom. The minimum Gasteiger partial charge on any atom is -0.382 e. The number of thioether (sulfide) groups is 1. The van der Waals surface area contributed by atoms with Crippen molar-refractivity contribution in [2.45, 2.75) is 69.1 Å². The maximum Gasteiger partial charge on any atom is 0.0343 e. The summed E-state index contributed by atoms with van der Waals surface area (Å²) in [6, 6.07) is 9.55. The van der Waals surface area contributed by atoms with Crippen molar-refractivity contribution in [3.05, 3.63) is 24.3 Å². The number of hydrogen-bond acceptors (Lipinski definition) is 2. The lowest BCUT2D eigenvalue weighted by Gasteiger charge is -2.21. The van der Waals surface area contributed by atoms with E-state index in [2.05, 4.69) is 62.1 Å². The quantitative estimate of drug-likeness (QED) is 0.729. The highest BCUT2D eigenvalue weighted by Crippen LogP contribution is 2.35. The fourth-order valence-corrected chi connectivity index (χ4v) is 3.83. The van der Waals surface area contributed by atoms with Gasteiger partial charge >= 0.3 is 0 Å². The normalized spacial score (nSPS) is 19.3. The van der Waals surface area contributed by atoms with Gasteiger partial charge in [-0.25, -0.2) is 0 Å². The molecule has 0 aliphatic heterocycles. The average molecular weight is 277 g/mol. The first-order chi connectivity index (χ1) is 9.19. The van der Waals surface area contributed by atoms with Gasteiger partial charge in [0.15, 0.2) is 0 Å². The molecule has 1 N–H and O–H groups in total. The summed E-state index contributed by atoms with van der Waals surface area (Å²) in [6.45, 7) is 6.83. The van der Waals surface area contributed by atoms with Crippen LogP contribution in [0.25, 0.3) is 0 Å². The van der Waals surface area contributed by atoms with Gasteiger partial charge in [0.25, 0.3) is 0 Å². The topological polar surface area (TPSA) is 12.0 Å². The molecule has 1 aromatic rings. The third-order valence-corrected chi connectivity index (χ3v) is 5.70. The zero-order valence-corrected chi connectivity index (χ0v) is 13.3. The molecule has 1 aromatic carbocycles. The Kier molecular flexibility index (Phi) is 5.62. The first kappa shape index (κ1) is 14.8. The highest BCUT2D eigenvalue weighted by Gasteiger charge is 2.16. The van der Waals surface area contributed by atoms with Gasteiger partial charge < -0.3 is 5.32 Å². The molecule has 0 aromatic heterocycles. The third-order valence-electron chi connectivity index (χ3n) is 4.35. The smallest absolute Gasteiger partial charge is 0.0343 e. The van der Waals surface area contributed by atoms with Crippen LogP contribution in [-0.2, 0) is 0 Å². The number of anilines is 1. The molecule has 106 valence electrons. The van der Waals surface area contributed by atoms with E-state index in [-0.39, 0.29) is 0 Å². The van der Waals surface area contributed by atoms with E-state index in [0.29, 0.717) is 12.0 Å². The summed E-state index contributed by atoms with van der Waals surface area (Å²) in [5, 5.41) is 4.46. The van der Waals surface area contributed by atoms with Crippen molar-refractivity contribution in [2.24, 2.45) is 5.92 Å². The summed E-state index contributed by atoms with van der Waals surface area (Å²) >= 11 is 2.06. The number of benzene rings is 1. The van der Waals surface area contributed by atoms with Crippen molar-refractivity contribution in [3.8, 4) is 0 Å². The Morgan fingerprint density at radius 3 is 2.37 bits per heavy atom. The largest absolute Gasteiger partial charge is 0.382 e. The molecule has 1 saturated carbocycles. The molecular formula is C17H27NS. The zero-order chi connectivity index (χ0) is 13.7. The Bertz CT molecular complexity index is 367. The van der Waals surface area contributed by atoms with Crippen LogP contribution in [0.2, 0.25) is 0 Å². The summed E-state index contributed by atoms with van der Waals surface area (Å²) in [6.07, 6.45) is 6.86. The molecule has 0 bridgehead atoms. The predicted octanol–water partition coefficient (Wildman–Crippen LogP) is 5.57. The molecule has 19 heavy (non-hydrogen) atoms. The molecule has 1 aliphatic rings. The van der Waals surface area contributed by atoms with Crippen LogP contribution in [0, 0.1) is 5.92 Å². The highest BCUT2D eigenvalue weighted by atomic mass is 32.2. The molecule has 2 rings (SSSR count). The third kappa shape index (κ3) is 4.45. The van der Waals surface area contributed by atoms with E-state index in [1.165, 1.54) is 42.7 Å². The van der Waals surface area contributed by atoms with Crippen LogP contribution >= 0.6 is 11.8 Å². The van der Waals surface area contributed by atoms with Crippen molar-refractivity contribution in [1.82, 2.24) is 0 Å². The molecule has 0 radical (unpaired) electrons. The SMILES string of the molecule is CCC(C)C(C)Nc1ccc(SC2CCCC2)cc1. The molecule has 2 heteroatoms. The summed E-state index contributed by atoms with van der Waals surface area (Å²) in [4.78, 5) is 1.42. The standard InChI is InChI=1S/C17H27NS/c1-4-13(2)14(3)18-15-9-11-17(12-10-15)19-16-7-5-6-8-16/h9-14,16,18H,4-8H2,1-3H3. The van der Waals surface area contributed by atoms with Crippen LogP contribution in [0.4, 0.5) is 5.69 Å². The molecule has 1 fully saturated rings. The van der Waals surface area contributed by atoms with Gasteiger partial charge in [-0.2, -0.15) is 0 Å². The number of hydrogen-bond donors (Lipinski definition) is 1. The van der Waals surface area contributed by atoms with Gasteiger partial charge in [-0.05, 0) is 49.9 Å². The van der Waals surface area contributed by atoms with Gasteiger partial charge in [-0.15, -0.1) is 11.8 Å². The van der Waals surface area contributed by atoms with E-state index >= 15 is 0 Å². The van der Waals surface area contributed by atoms with Crippen LogP contribution in [0.15, 0.2) is 29.2 Å². The van der Waals surface area contributed by atoms with Crippen molar-refractivity contribution >= 4 is 17.4 Å². The lowest BCUT2D eigenvalue weighted by atomic mass is 10.0. The molecule has 0 heterocycles. The monoisotopic (exact) mass is 277 g/mol. The van der Waals surface area contributed by atoms with Gasteiger partial charge in [0, 0.05) is 21.9 Å². The first-order valence-corrected chi connectivity index (χ1v) is 8.60. The van der Waals surface area contributed by atoms with E-state index in [1.54, 1.807) is 0 Å². The van der Waals surface area contributed by atoms with E-state index in [4.69, 9.17) is 0 Å². The second kappa shape index (κ2) is 7.23. The minimum atomic E-state index is 0.540. The van der Waals surface area contributed by atoms with E-state index < -0.39 is 0 Å². The fourth-order valence-electron chi connectivity index (χ4n) is 2.59. The molecule has 2 atom stereocenters. The van der Waals surface area contributed by atoms with Gasteiger partial charge in [0.1, 0.15) is 0 Å². The van der Waals surface area contributed by atoms with Crippen LogP contribution in [0.5, 0.6) is 0 Å². The van der Waals surface area contributed by atoms with Gasteiger partial charge in [-0.3, -0.25) is 0 Å². The average Bonchev–Trinajstić information content (AvgIpc) is 2.93. The number of rotatable bonds is 6. The van der Waals surface area contributed by atoms with Gasteiger partial charge in [-0.1, -0.05) is 33.1 Å². The van der Waals surface area contributed by atoms with Crippen molar-refractivity contribution in [3.63, 3.8) is 0 Å². The summed E-state index contributed by atoms with van der Waals surface area (Å²) < 4.78 is 0. The van der Waals surface area contributed by atoms with E-state index in [9.17, 15) is 0 Å². The minimum absolute atomic E-state index is 0.540. The Hall–Kier alpha value is -0.630. The first-order valence-electron chi connectivity index (χ1n) is 7.72. The van der Waals surface area contributed by atoms with Crippen molar-refractivity contribution in [2.75, 3.05) is 5.32 Å². The molecular weight excluding hydrogens is 250 g/mol. The molecule has 2 unspecified atom stereocenters. The van der Waals surface area contributed by atoms with E-state index in [1.807, 2.05) is 0 Å². The van der Waals surface area contributed by atoms with Gasteiger partial charge in [0.2, 0.25) is 0 Å². The lowest BCUT2D eigenvalue weighted by Crippen LogP contribution is -2.23. The Morgan fingerprint density at radius 2 is 1.79 bits per heavy atom. The highest BCUT2D eigenvalue weighted by molar-refractivity contribution is 8.00. The van der Waals surface area contributed by atoms with Crippen molar-refractivity contribution in [1.29, 1.82) is 0 Å². The van der Waals surface area contributed by atoms with Crippen LogP contribution in [0.3, 0.4) is 0 Å². The van der Waals surface area contributed by atoms with Crippen LogP contribution in [0.1, 0.15) is 52.9 Å². The molecule has 0 spiro atoms. The predicted molar refractivity (Wildman–Crippen MR) is 87.1 cm³/mol. The molecule has 0 saturated heterocycles. The molecule has 1 nitrogen and oxygen atoms in total. The Balaban J connectivity index is 1.87. The number of nitrogens with one attached hydrogen (secondary N) is 1. The second-order valence-corrected chi connectivity index (χ2v) is 7.24. The maximum atomic E-state index is 3.60.